The number of hydrogen-bond donors (Lipinski definition) is 2. The number of carbonyl (C=O) groups is 1. The second kappa shape index (κ2) is 15.5. The minimum absolute atomic E-state index is 0.211. The lowest BCUT2D eigenvalue weighted by atomic mass is 9.99. The van der Waals surface area contributed by atoms with Crippen molar-refractivity contribution in [1.29, 1.82) is 0 Å². The summed E-state index contributed by atoms with van der Waals surface area (Å²) in [6.07, 6.45) is 7.37. The number of nitrogens with one attached hydrogen (secondary N) is 2. The van der Waals surface area contributed by atoms with E-state index >= 15 is 0 Å². The maximum atomic E-state index is 13.6. The number of halogens is 1. The van der Waals surface area contributed by atoms with Crippen LogP contribution in [0.4, 0.5) is 45.0 Å². The number of aryl methyl sites for hydroxylation is 1. The van der Waals surface area contributed by atoms with Crippen LogP contribution in [0.2, 0.25) is 0 Å². The maximum Gasteiger partial charge on any atom is 0.410 e. The molecule has 54 heavy (non-hydrogen) atoms. The summed E-state index contributed by atoms with van der Waals surface area (Å²) in [7, 11) is 0.765. The van der Waals surface area contributed by atoms with E-state index in [9.17, 15) is 9.36 Å². The van der Waals surface area contributed by atoms with E-state index < -0.39 is 12.7 Å². The van der Waals surface area contributed by atoms with Crippen molar-refractivity contribution in [3.05, 3.63) is 46.8 Å². The molecule has 0 bridgehead atoms. The van der Waals surface area contributed by atoms with Crippen molar-refractivity contribution in [3.63, 3.8) is 0 Å². The van der Waals surface area contributed by atoms with Crippen LogP contribution in [0.3, 0.4) is 0 Å². The van der Waals surface area contributed by atoms with Crippen LogP contribution in [0, 0.1) is 0 Å². The number of rotatable bonds is 9. The van der Waals surface area contributed by atoms with E-state index in [2.05, 4.69) is 70.4 Å². The van der Waals surface area contributed by atoms with E-state index in [-0.39, 0.29) is 12.1 Å². The molecular weight excluding hydrogens is 771 g/mol. The molecule has 286 valence electrons. The summed E-state index contributed by atoms with van der Waals surface area (Å²) < 4.78 is 27.8. The van der Waals surface area contributed by atoms with Crippen LogP contribution in [0.15, 0.2) is 51.1 Å². The number of methoxy groups -OCH3 is 1. The monoisotopic (exact) mass is 818 g/mol. The van der Waals surface area contributed by atoms with Crippen LogP contribution in [-0.4, -0.2) is 95.4 Å². The Kier molecular flexibility index (Phi) is 11.2. The normalized spacial score (nSPS) is 15.1. The number of ether oxygens (including phenoxy) is 2. The van der Waals surface area contributed by atoms with Gasteiger partial charge in [-0.25, -0.2) is 9.78 Å². The summed E-state index contributed by atoms with van der Waals surface area (Å²) in [6.45, 7) is 16.6. The number of benzene rings is 2. The molecule has 14 nitrogen and oxygen atoms in total. The Morgan fingerprint density at radius 1 is 1.09 bits per heavy atom. The molecule has 1 saturated heterocycles. The molecule has 0 saturated carbocycles. The third kappa shape index (κ3) is 8.17. The summed E-state index contributed by atoms with van der Waals surface area (Å²) in [5.74, 6) is 1.40. The minimum Gasteiger partial charge on any atom is -0.494 e. The number of anilines is 5. The fourth-order valence-corrected chi connectivity index (χ4v) is 8.73. The van der Waals surface area contributed by atoms with E-state index in [0.29, 0.717) is 63.1 Å². The van der Waals surface area contributed by atoms with Gasteiger partial charge in [0.15, 0.2) is 0 Å². The van der Waals surface area contributed by atoms with Gasteiger partial charge >= 0.3 is 6.09 Å². The molecule has 0 spiro atoms. The summed E-state index contributed by atoms with van der Waals surface area (Å²) in [4.78, 5) is 35.1. The van der Waals surface area contributed by atoms with E-state index in [0.717, 1.165) is 48.3 Å². The van der Waals surface area contributed by atoms with Gasteiger partial charge in [0.2, 0.25) is 5.95 Å². The molecule has 6 rings (SSSR count). The highest BCUT2D eigenvalue weighted by Crippen LogP contribution is 2.47. The molecule has 1 fully saturated rings. The van der Waals surface area contributed by atoms with Gasteiger partial charge in [0.1, 0.15) is 30.0 Å². The van der Waals surface area contributed by atoms with Gasteiger partial charge in [-0.05, 0) is 94.7 Å². The molecule has 2 aromatic heterocycles. The lowest BCUT2D eigenvalue weighted by Crippen LogP contribution is -2.48. The second-order valence-corrected chi connectivity index (χ2v) is 18.7. The number of hydrogen-bond acceptors (Lipinski definition) is 12. The van der Waals surface area contributed by atoms with Crippen molar-refractivity contribution in [2.45, 2.75) is 58.6 Å². The number of piperidine rings is 1. The first-order chi connectivity index (χ1) is 25.6. The molecular formula is C38H48BrN10O4P. The lowest BCUT2D eigenvalue weighted by molar-refractivity contribution is 0.0204. The Morgan fingerprint density at radius 3 is 2.48 bits per heavy atom. The van der Waals surface area contributed by atoms with Crippen molar-refractivity contribution in [2.24, 2.45) is 17.0 Å². The Labute approximate surface area is 325 Å². The van der Waals surface area contributed by atoms with Crippen molar-refractivity contribution in [2.75, 3.05) is 55.6 Å². The van der Waals surface area contributed by atoms with Gasteiger partial charge in [0.05, 0.1) is 40.1 Å². The van der Waals surface area contributed by atoms with Gasteiger partial charge in [-0.3, -0.25) is 14.7 Å². The number of aliphatic imine (C=N–C) groups is 2. The molecule has 0 atom stereocenters. The molecule has 1 amide bonds. The standard InChI is InChI=1S/C38H48BrN10O4P/c1-10-41-33-27(40-5)11-12-28(34(33)54(8,9)51)44-35-26(39)22-42-36(46-35)45-29-19-24-25-21-43-47(6)30(25)15-18-49(31(24)20-32(29)52-7)23-13-16-48(17-14-23)37(50)53-38(2,3)4/h10-12,19-23H,5,13-18H2,1-4,6-9H3,(H2,42,44,45,46). The molecule has 0 aliphatic carbocycles. The van der Waals surface area contributed by atoms with Crippen molar-refractivity contribution >= 4 is 87.6 Å². The second-order valence-electron chi connectivity index (χ2n) is 14.7. The molecule has 0 unspecified atom stereocenters. The summed E-state index contributed by atoms with van der Waals surface area (Å²) in [5, 5.41) is 11.9. The van der Waals surface area contributed by atoms with Gasteiger partial charge in [-0.2, -0.15) is 10.1 Å². The van der Waals surface area contributed by atoms with Gasteiger partial charge < -0.3 is 34.5 Å². The number of aromatic nitrogens is 4. The SMILES string of the molecule is C=Nc1ccc(Nc2nc(Nc3cc4c(cc3OC)N(C3CCN(C(=O)OC(C)(C)C)CC3)CCc3c-4cnn3C)ncc2Br)c(P(C)(C)=O)c1N=CC. The molecule has 4 heterocycles. The molecule has 2 aliphatic rings. The Hall–Kier alpha value is -4.75. The Balaban J connectivity index is 1.33. The first kappa shape index (κ1) is 39.0. The van der Waals surface area contributed by atoms with Crippen LogP contribution in [-0.2, 0) is 22.8 Å². The van der Waals surface area contributed by atoms with Gasteiger partial charge in [0, 0.05) is 80.1 Å². The molecule has 2 N–H and O–H groups in total. The highest BCUT2D eigenvalue weighted by molar-refractivity contribution is 9.10. The van der Waals surface area contributed by atoms with Crippen LogP contribution >= 0.6 is 23.1 Å². The predicted molar refractivity (Wildman–Crippen MR) is 222 cm³/mol. The third-order valence-electron chi connectivity index (χ3n) is 9.47. The topological polar surface area (TPSA) is 151 Å². The number of carbonyl (C=O) groups excluding carboxylic acids is 1. The average Bonchev–Trinajstić information content (AvgIpc) is 3.40. The van der Waals surface area contributed by atoms with E-state index in [4.69, 9.17) is 14.5 Å². The third-order valence-corrected chi connectivity index (χ3v) is 11.6. The highest BCUT2D eigenvalue weighted by Gasteiger charge is 2.33. The molecule has 16 heteroatoms. The van der Waals surface area contributed by atoms with Crippen molar-refractivity contribution in [3.8, 4) is 16.9 Å². The average molecular weight is 820 g/mol. The first-order valence-corrected chi connectivity index (χ1v) is 21.2. The summed E-state index contributed by atoms with van der Waals surface area (Å²) in [6, 6.07) is 7.94. The maximum absolute atomic E-state index is 13.6. The number of nitrogens with zero attached hydrogens (tertiary/aromatic N) is 8. The van der Waals surface area contributed by atoms with E-state index in [1.807, 2.05) is 49.7 Å². The zero-order valence-corrected chi connectivity index (χ0v) is 34.6. The molecule has 0 radical (unpaired) electrons. The van der Waals surface area contributed by atoms with Crippen LogP contribution in [0.1, 0.15) is 46.2 Å². The summed E-state index contributed by atoms with van der Waals surface area (Å²) in [5.41, 5.74) is 6.00. The zero-order valence-electron chi connectivity index (χ0n) is 32.1. The van der Waals surface area contributed by atoms with Crippen molar-refractivity contribution < 1.29 is 18.8 Å². The molecule has 2 aromatic carbocycles. The van der Waals surface area contributed by atoms with Gasteiger partial charge in [-0.15, -0.1) is 0 Å². The fraction of sp³-hybridized carbons (Fsp3) is 0.421. The van der Waals surface area contributed by atoms with Crippen LogP contribution in [0.5, 0.6) is 5.75 Å². The number of amides is 1. The van der Waals surface area contributed by atoms with Crippen molar-refractivity contribution in [1.82, 2.24) is 24.6 Å². The number of fused-ring (bicyclic) bond motifs is 3. The largest absolute Gasteiger partial charge is 0.494 e. The predicted octanol–water partition coefficient (Wildman–Crippen LogP) is 8.20. The molecule has 2 aliphatic heterocycles. The zero-order chi connectivity index (χ0) is 38.9. The van der Waals surface area contributed by atoms with Crippen LogP contribution in [0.25, 0.3) is 11.1 Å². The van der Waals surface area contributed by atoms with Crippen LogP contribution < -0.4 is 25.6 Å². The highest BCUT2D eigenvalue weighted by atomic mass is 79.9. The van der Waals surface area contributed by atoms with Gasteiger partial charge in [0.25, 0.3) is 0 Å². The van der Waals surface area contributed by atoms with Gasteiger partial charge in [-0.1, -0.05) is 0 Å². The Morgan fingerprint density at radius 2 is 1.83 bits per heavy atom. The molecule has 4 aromatic rings. The first-order valence-electron chi connectivity index (χ1n) is 17.8. The van der Waals surface area contributed by atoms with E-state index in [1.165, 1.54) is 0 Å². The Bertz CT molecular complexity index is 2150. The fourth-order valence-electron chi connectivity index (χ4n) is 7.05. The quantitative estimate of drug-likeness (QED) is 0.125. The summed E-state index contributed by atoms with van der Waals surface area (Å²) >= 11 is 3.59. The van der Waals surface area contributed by atoms with E-state index in [1.54, 1.807) is 45.8 Å². The number of likely N-dealkylation sites (tertiary alicyclic amines) is 1. The smallest absolute Gasteiger partial charge is 0.410 e. The lowest BCUT2D eigenvalue weighted by Gasteiger charge is -2.40. The minimum atomic E-state index is -2.85.